The molecule has 1 aromatic heterocycles. The Labute approximate surface area is 189 Å². The van der Waals surface area contributed by atoms with Gasteiger partial charge in [0.1, 0.15) is 11.1 Å². The number of aromatic nitrogens is 1. The second-order valence-corrected chi connectivity index (χ2v) is 9.37. The molecule has 1 atom stereocenters. The predicted molar refractivity (Wildman–Crippen MR) is 123 cm³/mol. The van der Waals surface area contributed by atoms with Crippen LogP contribution in [-0.2, 0) is 11.2 Å². The second kappa shape index (κ2) is 7.57. The van der Waals surface area contributed by atoms with Gasteiger partial charge in [-0.3, -0.25) is 4.79 Å². The maximum atomic E-state index is 13.1. The summed E-state index contributed by atoms with van der Waals surface area (Å²) in [6.07, 6.45) is 0.245. The fraction of sp³-hybridized carbons (Fsp3) is 0.192. The van der Waals surface area contributed by atoms with Crippen molar-refractivity contribution in [3.63, 3.8) is 0 Å². The Balaban J connectivity index is 1.19. The van der Waals surface area contributed by atoms with Gasteiger partial charge in [-0.1, -0.05) is 42.5 Å². The molecule has 0 aliphatic carbocycles. The first-order valence-corrected chi connectivity index (χ1v) is 11.5. The number of hydrogen-bond acceptors (Lipinski definition) is 5. The third kappa shape index (κ3) is 3.28. The molecule has 6 rings (SSSR count). The molecule has 1 unspecified atom stereocenters. The summed E-state index contributed by atoms with van der Waals surface area (Å²) in [5.41, 5.74) is 4.01. The van der Waals surface area contributed by atoms with E-state index in [4.69, 9.17) is 9.72 Å². The van der Waals surface area contributed by atoms with Gasteiger partial charge in [-0.25, -0.2) is 9.78 Å². The Hall–Kier alpha value is -3.51. The summed E-state index contributed by atoms with van der Waals surface area (Å²) in [5.74, 6) is -0.0502. The van der Waals surface area contributed by atoms with Gasteiger partial charge in [0.2, 0.25) is 0 Å². The number of hydrogen-bond donors (Lipinski definition) is 0. The fourth-order valence-corrected chi connectivity index (χ4v) is 5.48. The van der Waals surface area contributed by atoms with Crippen LogP contribution >= 0.6 is 11.3 Å². The third-order valence-electron chi connectivity index (χ3n) is 6.23. The van der Waals surface area contributed by atoms with Gasteiger partial charge < -0.3 is 9.64 Å². The summed E-state index contributed by atoms with van der Waals surface area (Å²) >= 11 is 1.71. The van der Waals surface area contributed by atoms with Gasteiger partial charge in [0.25, 0.3) is 5.91 Å². The zero-order valence-electron chi connectivity index (χ0n) is 17.2. The number of likely N-dealkylation sites (tertiary alicyclic amines) is 1. The summed E-state index contributed by atoms with van der Waals surface area (Å²) in [6.45, 7) is 1.34. The second-order valence-electron chi connectivity index (χ2n) is 8.31. The molecule has 6 heteroatoms. The lowest BCUT2D eigenvalue weighted by molar-refractivity contribution is 0.0252. The number of thiazole rings is 1. The molecule has 32 heavy (non-hydrogen) atoms. The Morgan fingerprint density at radius 1 is 1.00 bits per heavy atom. The fourth-order valence-electron chi connectivity index (χ4n) is 4.43. The van der Waals surface area contributed by atoms with E-state index in [9.17, 15) is 9.59 Å². The molecule has 4 aromatic rings. The lowest BCUT2D eigenvalue weighted by atomic mass is 9.92. The molecule has 2 aliphatic heterocycles. The lowest BCUT2D eigenvalue weighted by Gasteiger charge is -2.38. The molecule has 0 spiro atoms. The number of nitrogens with zero attached hydrogens (tertiary/aromatic N) is 2. The first-order chi connectivity index (χ1) is 15.7. The highest BCUT2D eigenvalue weighted by molar-refractivity contribution is 7.18. The van der Waals surface area contributed by atoms with Crippen LogP contribution in [0.5, 0.6) is 0 Å². The minimum Gasteiger partial charge on any atom is -0.454 e. The SMILES string of the molecule is O=C1OC(c2ccccc2)Cc2cc(C(=O)N3CC(c4nc5ccccc5s4)C3)ccc21. The minimum atomic E-state index is -0.334. The molecule has 1 fully saturated rings. The molecule has 1 saturated heterocycles. The third-order valence-corrected chi connectivity index (χ3v) is 7.43. The normalized spacial score (nSPS) is 18.2. The Kier molecular flexibility index (Phi) is 4.54. The van der Waals surface area contributed by atoms with E-state index in [0.717, 1.165) is 21.7 Å². The highest BCUT2D eigenvalue weighted by Crippen LogP contribution is 2.35. The van der Waals surface area contributed by atoms with Gasteiger partial charge in [0.15, 0.2) is 0 Å². The highest BCUT2D eigenvalue weighted by Gasteiger charge is 2.35. The van der Waals surface area contributed by atoms with Crippen LogP contribution in [0, 0.1) is 0 Å². The van der Waals surface area contributed by atoms with Crippen LogP contribution in [0.2, 0.25) is 0 Å². The standard InChI is InChI=1S/C26H20N2O3S/c29-25(28-14-19(15-28)24-27-21-8-4-5-9-23(21)32-24)17-10-11-20-18(12-17)13-22(31-26(20)30)16-6-2-1-3-7-16/h1-12,19,22H,13-15H2. The van der Waals surface area contributed by atoms with Crippen molar-refractivity contribution in [3.05, 3.63) is 100 Å². The number of ether oxygens (including phenoxy) is 1. The van der Waals surface area contributed by atoms with E-state index in [1.54, 1.807) is 23.5 Å². The van der Waals surface area contributed by atoms with Gasteiger partial charge in [-0.15, -0.1) is 11.3 Å². The van der Waals surface area contributed by atoms with Crippen molar-refractivity contribution in [2.24, 2.45) is 0 Å². The Bertz CT molecular complexity index is 1310. The summed E-state index contributed by atoms with van der Waals surface area (Å²) < 4.78 is 6.81. The number of rotatable bonds is 3. The monoisotopic (exact) mass is 440 g/mol. The molecule has 3 heterocycles. The van der Waals surface area contributed by atoms with Crippen LogP contribution in [-0.4, -0.2) is 34.8 Å². The van der Waals surface area contributed by atoms with Crippen molar-refractivity contribution >= 4 is 33.4 Å². The average Bonchev–Trinajstić information content (AvgIpc) is 3.21. The maximum Gasteiger partial charge on any atom is 0.339 e. The zero-order chi connectivity index (χ0) is 21.7. The molecular weight excluding hydrogens is 420 g/mol. The van der Waals surface area contributed by atoms with E-state index < -0.39 is 0 Å². The Morgan fingerprint density at radius 3 is 2.59 bits per heavy atom. The van der Waals surface area contributed by atoms with Gasteiger partial charge in [0, 0.05) is 31.0 Å². The molecule has 5 nitrogen and oxygen atoms in total. The summed E-state index contributed by atoms with van der Waals surface area (Å²) in [4.78, 5) is 32.2. The van der Waals surface area contributed by atoms with Crippen molar-refractivity contribution in [2.75, 3.05) is 13.1 Å². The predicted octanol–water partition coefficient (Wildman–Crippen LogP) is 4.99. The molecular formula is C26H20N2O3S. The van der Waals surface area contributed by atoms with Gasteiger partial charge in [-0.2, -0.15) is 0 Å². The van der Waals surface area contributed by atoms with E-state index in [-0.39, 0.29) is 23.9 Å². The van der Waals surface area contributed by atoms with Crippen LogP contribution in [0.25, 0.3) is 10.2 Å². The van der Waals surface area contributed by atoms with E-state index in [0.29, 0.717) is 30.6 Å². The van der Waals surface area contributed by atoms with Crippen molar-refractivity contribution in [3.8, 4) is 0 Å². The largest absolute Gasteiger partial charge is 0.454 e. The van der Waals surface area contributed by atoms with Gasteiger partial charge in [0.05, 0.1) is 15.8 Å². The van der Waals surface area contributed by atoms with Crippen LogP contribution < -0.4 is 0 Å². The van der Waals surface area contributed by atoms with Crippen molar-refractivity contribution in [2.45, 2.75) is 18.4 Å². The number of esters is 1. The number of carbonyl (C=O) groups excluding carboxylic acids is 2. The first-order valence-electron chi connectivity index (χ1n) is 10.7. The quantitative estimate of drug-likeness (QED) is 0.421. The molecule has 1 amide bonds. The molecule has 0 saturated carbocycles. The average molecular weight is 441 g/mol. The summed E-state index contributed by atoms with van der Waals surface area (Å²) in [5, 5.41) is 1.09. The summed E-state index contributed by atoms with van der Waals surface area (Å²) in [6, 6.07) is 23.2. The van der Waals surface area contributed by atoms with Crippen LogP contribution in [0.3, 0.4) is 0 Å². The number of para-hydroxylation sites is 1. The topological polar surface area (TPSA) is 59.5 Å². The number of fused-ring (bicyclic) bond motifs is 2. The summed E-state index contributed by atoms with van der Waals surface area (Å²) in [7, 11) is 0. The number of benzene rings is 3. The van der Waals surface area contributed by atoms with Gasteiger partial charge in [-0.05, 0) is 41.5 Å². The molecule has 0 radical (unpaired) electrons. The number of carbonyl (C=O) groups is 2. The zero-order valence-corrected chi connectivity index (χ0v) is 18.0. The molecule has 3 aromatic carbocycles. The number of amides is 1. The van der Waals surface area contributed by atoms with Crippen LogP contribution in [0.15, 0.2) is 72.8 Å². The lowest BCUT2D eigenvalue weighted by Crippen LogP contribution is -2.48. The van der Waals surface area contributed by atoms with E-state index in [2.05, 4.69) is 6.07 Å². The van der Waals surface area contributed by atoms with Crippen LogP contribution in [0.1, 0.15) is 48.9 Å². The first kappa shape index (κ1) is 19.2. The number of cyclic esters (lactones) is 1. The van der Waals surface area contributed by atoms with Crippen molar-refractivity contribution < 1.29 is 14.3 Å². The van der Waals surface area contributed by atoms with Crippen molar-refractivity contribution in [1.82, 2.24) is 9.88 Å². The minimum absolute atomic E-state index is 0.000336. The highest BCUT2D eigenvalue weighted by atomic mass is 32.1. The molecule has 0 bridgehead atoms. The van der Waals surface area contributed by atoms with Gasteiger partial charge >= 0.3 is 5.97 Å². The molecule has 0 N–H and O–H groups in total. The molecule has 158 valence electrons. The van der Waals surface area contributed by atoms with E-state index in [1.807, 2.05) is 59.5 Å². The van der Waals surface area contributed by atoms with E-state index in [1.165, 1.54) is 4.70 Å². The Morgan fingerprint density at radius 2 is 1.78 bits per heavy atom. The van der Waals surface area contributed by atoms with Crippen molar-refractivity contribution in [1.29, 1.82) is 0 Å². The van der Waals surface area contributed by atoms with E-state index >= 15 is 0 Å². The maximum absolute atomic E-state index is 13.1. The van der Waals surface area contributed by atoms with Crippen LogP contribution in [0.4, 0.5) is 0 Å². The molecule has 2 aliphatic rings. The smallest absolute Gasteiger partial charge is 0.339 e.